The zero-order chi connectivity index (χ0) is 21.5. The summed E-state index contributed by atoms with van der Waals surface area (Å²) in [6.07, 6.45) is 0. The van der Waals surface area contributed by atoms with Gasteiger partial charge in [0.05, 0.1) is 26.9 Å². The molecule has 3 aromatic rings. The lowest BCUT2D eigenvalue weighted by Crippen LogP contribution is -2.14. The van der Waals surface area contributed by atoms with Crippen LogP contribution in [0.4, 0.5) is 5.69 Å². The molecule has 0 aliphatic heterocycles. The van der Waals surface area contributed by atoms with Crippen molar-refractivity contribution in [2.45, 2.75) is 6.61 Å². The number of anilines is 1. The fraction of sp³-hybridized carbons (Fsp3) is 0.174. The third-order valence-electron chi connectivity index (χ3n) is 4.36. The van der Waals surface area contributed by atoms with Gasteiger partial charge in [0.2, 0.25) is 5.75 Å². The molecule has 0 saturated heterocycles. The molecule has 6 nitrogen and oxygen atoms in total. The van der Waals surface area contributed by atoms with Gasteiger partial charge < -0.3 is 24.3 Å². The minimum absolute atomic E-state index is 0.311. The fourth-order valence-corrected chi connectivity index (χ4v) is 3.00. The highest BCUT2D eigenvalue weighted by Gasteiger charge is 2.17. The number of methoxy groups -OCH3 is 3. The van der Waals surface area contributed by atoms with E-state index in [2.05, 4.69) is 5.32 Å². The molecular formula is C23H22ClNO5. The number of carbonyl (C=O) groups excluding carboxylic acids is 1. The monoisotopic (exact) mass is 427 g/mol. The summed E-state index contributed by atoms with van der Waals surface area (Å²) in [5, 5.41) is 3.51. The number of amides is 1. The molecule has 0 heterocycles. The van der Waals surface area contributed by atoms with Crippen molar-refractivity contribution in [3.05, 3.63) is 76.8 Å². The number of halogens is 1. The number of carbonyl (C=O) groups is 1. The van der Waals surface area contributed by atoms with Crippen LogP contribution in [-0.4, -0.2) is 27.2 Å². The van der Waals surface area contributed by atoms with Crippen LogP contribution in [0.3, 0.4) is 0 Å². The second-order valence-electron chi connectivity index (χ2n) is 6.28. The molecule has 3 aromatic carbocycles. The number of rotatable bonds is 8. The quantitative estimate of drug-likeness (QED) is 0.535. The summed E-state index contributed by atoms with van der Waals surface area (Å²) in [6, 6.07) is 17.7. The molecule has 1 amide bonds. The Bertz CT molecular complexity index is 995. The van der Waals surface area contributed by atoms with Gasteiger partial charge in [-0.05, 0) is 29.8 Å². The summed E-state index contributed by atoms with van der Waals surface area (Å²) in [5.74, 6) is 1.48. The third-order valence-corrected chi connectivity index (χ3v) is 4.61. The molecule has 30 heavy (non-hydrogen) atoms. The Morgan fingerprint density at radius 3 is 2.10 bits per heavy atom. The molecule has 0 saturated carbocycles. The molecule has 0 aromatic heterocycles. The van der Waals surface area contributed by atoms with E-state index in [0.717, 1.165) is 5.56 Å². The zero-order valence-electron chi connectivity index (χ0n) is 16.9. The molecule has 3 rings (SSSR count). The SMILES string of the molecule is COc1cc(NC(=O)c2ccccc2OCc2ccc(Cl)cc2)cc(OC)c1OC. The van der Waals surface area contributed by atoms with E-state index in [1.807, 2.05) is 18.2 Å². The van der Waals surface area contributed by atoms with Crippen molar-refractivity contribution in [1.82, 2.24) is 0 Å². The van der Waals surface area contributed by atoms with Gasteiger partial charge in [0, 0.05) is 22.8 Å². The van der Waals surface area contributed by atoms with E-state index >= 15 is 0 Å². The third kappa shape index (κ3) is 4.96. The first-order chi connectivity index (χ1) is 14.5. The van der Waals surface area contributed by atoms with Crippen molar-refractivity contribution in [3.8, 4) is 23.0 Å². The first kappa shape index (κ1) is 21.3. The van der Waals surface area contributed by atoms with E-state index in [1.54, 1.807) is 42.5 Å². The summed E-state index contributed by atoms with van der Waals surface area (Å²) in [6.45, 7) is 0.311. The number of nitrogens with one attached hydrogen (secondary N) is 1. The highest BCUT2D eigenvalue weighted by Crippen LogP contribution is 2.40. The van der Waals surface area contributed by atoms with E-state index in [4.69, 9.17) is 30.5 Å². The van der Waals surface area contributed by atoms with Gasteiger partial charge in [-0.3, -0.25) is 4.79 Å². The average Bonchev–Trinajstić information content (AvgIpc) is 2.78. The van der Waals surface area contributed by atoms with Crippen molar-refractivity contribution in [3.63, 3.8) is 0 Å². The molecule has 0 aliphatic carbocycles. The standard InChI is InChI=1S/C23H22ClNO5/c1-27-20-12-17(13-21(28-2)22(20)29-3)25-23(26)18-6-4-5-7-19(18)30-14-15-8-10-16(24)11-9-15/h4-13H,14H2,1-3H3,(H,25,26). The second kappa shape index (κ2) is 9.89. The Hall–Kier alpha value is -3.38. The van der Waals surface area contributed by atoms with Crippen LogP contribution in [0.15, 0.2) is 60.7 Å². The first-order valence-corrected chi connectivity index (χ1v) is 9.51. The summed E-state index contributed by atoms with van der Waals surface area (Å²) in [5.41, 5.74) is 1.85. The molecule has 156 valence electrons. The minimum Gasteiger partial charge on any atom is -0.493 e. The van der Waals surface area contributed by atoms with Crippen LogP contribution in [0.2, 0.25) is 5.02 Å². The molecule has 0 bridgehead atoms. The summed E-state index contributed by atoms with van der Waals surface area (Å²) in [4.78, 5) is 12.9. The van der Waals surface area contributed by atoms with Crippen molar-refractivity contribution in [2.24, 2.45) is 0 Å². The highest BCUT2D eigenvalue weighted by molar-refractivity contribution is 6.30. The van der Waals surface area contributed by atoms with Gasteiger partial charge in [-0.15, -0.1) is 0 Å². The predicted octanol–water partition coefficient (Wildman–Crippen LogP) is 5.20. The van der Waals surface area contributed by atoms with Crippen LogP contribution in [0.1, 0.15) is 15.9 Å². The molecule has 7 heteroatoms. The van der Waals surface area contributed by atoms with Crippen molar-refractivity contribution in [2.75, 3.05) is 26.6 Å². The number of hydrogen-bond donors (Lipinski definition) is 1. The lowest BCUT2D eigenvalue weighted by atomic mass is 10.1. The van der Waals surface area contributed by atoms with Gasteiger partial charge in [-0.25, -0.2) is 0 Å². The van der Waals surface area contributed by atoms with Crippen molar-refractivity contribution in [1.29, 1.82) is 0 Å². The highest BCUT2D eigenvalue weighted by atomic mass is 35.5. The van der Waals surface area contributed by atoms with Gasteiger partial charge in [-0.1, -0.05) is 35.9 Å². The molecule has 0 fully saturated rings. The Morgan fingerprint density at radius 1 is 0.867 bits per heavy atom. The predicted molar refractivity (Wildman–Crippen MR) is 116 cm³/mol. The number of ether oxygens (including phenoxy) is 4. The molecule has 1 N–H and O–H groups in total. The zero-order valence-corrected chi connectivity index (χ0v) is 17.7. The first-order valence-electron chi connectivity index (χ1n) is 9.13. The van der Waals surface area contributed by atoms with Gasteiger partial charge in [-0.2, -0.15) is 0 Å². The van der Waals surface area contributed by atoms with Crippen molar-refractivity contribution < 1.29 is 23.7 Å². The summed E-state index contributed by atoms with van der Waals surface area (Å²) >= 11 is 5.92. The van der Waals surface area contributed by atoms with E-state index < -0.39 is 0 Å². The Kier molecular flexibility index (Phi) is 7.03. The van der Waals surface area contributed by atoms with Crippen LogP contribution in [0.25, 0.3) is 0 Å². The largest absolute Gasteiger partial charge is 0.493 e. The Morgan fingerprint density at radius 2 is 1.50 bits per heavy atom. The van der Waals surface area contributed by atoms with E-state index in [-0.39, 0.29) is 5.91 Å². The maximum Gasteiger partial charge on any atom is 0.259 e. The van der Waals surface area contributed by atoms with Crippen LogP contribution in [-0.2, 0) is 6.61 Å². The normalized spacial score (nSPS) is 10.3. The van der Waals surface area contributed by atoms with Crippen molar-refractivity contribution >= 4 is 23.2 Å². The molecule has 0 atom stereocenters. The van der Waals surface area contributed by atoms with E-state index in [0.29, 0.717) is 45.9 Å². The smallest absolute Gasteiger partial charge is 0.259 e. The molecule has 0 unspecified atom stereocenters. The van der Waals surface area contributed by atoms with Crippen LogP contribution in [0, 0.1) is 0 Å². The van der Waals surface area contributed by atoms with E-state index in [1.165, 1.54) is 21.3 Å². The van der Waals surface area contributed by atoms with Gasteiger partial charge in [0.15, 0.2) is 11.5 Å². The van der Waals surface area contributed by atoms with E-state index in [9.17, 15) is 4.79 Å². The molecule has 0 spiro atoms. The summed E-state index contributed by atoms with van der Waals surface area (Å²) in [7, 11) is 4.55. The molecule has 0 aliphatic rings. The average molecular weight is 428 g/mol. The minimum atomic E-state index is -0.323. The van der Waals surface area contributed by atoms with Gasteiger partial charge >= 0.3 is 0 Å². The lowest BCUT2D eigenvalue weighted by Gasteiger charge is -2.15. The van der Waals surface area contributed by atoms with Crippen LogP contribution < -0.4 is 24.3 Å². The maximum atomic E-state index is 12.9. The Labute approximate surface area is 180 Å². The van der Waals surface area contributed by atoms with Crippen LogP contribution >= 0.6 is 11.6 Å². The fourth-order valence-electron chi connectivity index (χ4n) is 2.87. The maximum absolute atomic E-state index is 12.9. The summed E-state index contributed by atoms with van der Waals surface area (Å²) < 4.78 is 21.9. The number of para-hydroxylation sites is 1. The number of hydrogen-bond acceptors (Lipinski definition) is 5. The molecular weight excluding hydrogens is 406 g/mol. The number of benzene rings is 3. The van der Waals surface area contributed by atoms with Crippen LogP contribution in [0.5, 0.6) is 23.0 Å². The van der Waals surface area contributed by atoms with Gasteiger partial charge in [0.1, 0.15) is 12.4 Å². The Balaban J connectivity index is 1.80. The van der Waals surface area contributed by atoms with Gasteiger partial charge in [0.25, 0.3) is 5.91 Å². The molecule has 0 radical (unpaired) electrons. The second-order valence-corrected chi connectivity index (χ2v) is 6.72. The lowest BCUT2D eigenvalue weighted by molar-refractivity contribution is 0.102. The topological polar surface area (TPSA) is 66.0 Å².